The van der Waals surface area contributed by atoms with Gasteiger partial charge < -0.3 is 5.11 Å². The highest BCUT2D eigenvalue weighted by atomic mass is 16.4. The zero-order chi connectivity index (χ0) is 11.5. The van der Waals surface area contributed by atoms with Gasteiger partial charge in [0.05, 0.1) is 18.1 Å². The molecule has 0 spiro atoms. The lowest BCUT2D eigenvalue weighted by Gasteiger charge is -2.06. The monoisotopic (exact) mass is 222 g/mol. The van der Waals surface area contributed by atoms with Crippen molar-refractivity contribution in [2.75, 3.05) is 0 Å². The van der Waals surface area contributed by atoms with Crippen molar-refractivity contribution in [2.45, 2.75) is 12.8 Å². The van der Waals surface area contributed by atoms with Gasteiger partial charge in [0.2, 0.25) is 5.91 Å². The molecule has 0 aromatic carbocycles. The summed E-state index contributed by atoms with van der Waals surface area (Å²) in [6.07, 6.45) is 1.74. The summed E-state index contributed by atoms with van der Waals surface area (Å²) in [4.78, 5) is 22.0. The maximum absolute atomic E-state index is 11.4. The maximum Gasteiger partial charge on any atom is 0.309 e. The van der Waals surface area contributed by atoms with Crippen LogP contribution >= 0.6 is 0 Å². The smallest absolute Gasteiger partial charge is 0.309 e. The minimum atomic E-state index is -0.995. The normalized spacial score (nSPS) is 19.4. The van der Waals surface area contributed by atoms with Gasteiger partial charge in [-0.05, 0) is 6.07 Å². The molecule has 0 saturated carbocycles. The lowest BCUT2D eigenvalue weighted by atomic mass is 9.96. The molecule has 0 fully saturated rings. The van der Waals surface area contributed by atoms with Gasteiger partial charge in [-0.3, -0.25) is 14.7 Å². The van der Waals surface area contributed by atoms with E-state index in [4.69, 9.17) is 5.11 Å². The van der Waals surface area contributed by atoms with Gasteiger partial charge in [-0.1, -0.05) is 0 Å². The fourth-order valence-corrected chi connectivity index (χ4v) is 1.58. The van der Waals surface area contributed by atoms with E-state index in [1.807, 2.05) is 0 Å². The molecule has 84 valence electrons. The summed E-state index contributed by atoms with van der Waals surface area (Å²) in [5.41, 5.74) is 3.42. The molecule has 2 rings (SSSR count). The number of aromatic amines is 1. The predicted molar refractivity (Wildman–Crippen MR) is 53.6 cm³/mol. The van der Waals surface area contributed by atoms with E-state index >= 15 is 0 Å². The number of rotatable bonds is 4. The van der Waals surface area contributed by atoms with Crippen molar-refractivity contribution in [1.29, 1.82) is 0 Å². The Bertz CT molecular complexity index is 438. The molecular weight excluding hydrogens is 212 g/mol. The molecule has 0 saturated heterocycles. The maximum atomic E-state index is 11.4. The van der Waals surface area contributed by atoms with E-state index in [2.05, 4.69) is 20.7 Å². The Balaban J connectivity index is 2.09. The Labute approximate surface area is 90.5 Å². The molecule has 16 heavy (non-hydrogen) atoms. The van der Waals surface area contributed by atoms with Crippen molar-refractivity contribution < 1.29 is 14.7 Å². The van der Waals surface area contributed by atoms with Crippen molar-refractivity contribution in [2.24, 2.45) is 11.0 Å². The Morgan fingerprint density at radius 1 is 1.56 bits per heavy atom. The van der Waals surface area contributed by atoms with E-state index in [9.17, 15) is 9.59 Å². The van der Waals surface area contributed by atoms with Crippen LogP contribution in [-0.4, -0.2) is 32.9 Å². The first-order valence-corrected chi connectivity index (χ1v) is 4.73. The molecule has 0 bridgehead atoms. The predicted octanol–water partition coefficient (Wildman–Crippen LogP) is -0.471. The first-order valence-electron chi connectivity index (χ1n) is 4.73. The van der Waals surface area contributed by atoms with Gasteiger partial charge in [0.25, 0.3) is 0 Å². The number of H-pyrrole nitrogens is 1. The summed E-state index contributed by atoms with van der Waals surface area (Å²) in [7, 11) is 0. The second-order valence-electron chi connectivity index (χ2n) is 3.49. The van der Waals surface area contributed by atoms with Crippen LogP contribution in [-0.2, 0) is 16.0 Å². The van der Waals surface area contributed by atoms with Gasteiger partial charge in [-0.15, -0.1) is 0 Å². The SMILES string of the molecule is O=C(O)CC1=NNC(=O)C1Cc1ccn[nH]1. The van der Waals surface area contributed by atoms with E-state index in [-0.39, 0.29) is 12.3 Å². The molecular formula is C9H10N4O3. The summed E-state index contributed by atoms with van der Waals surface area (Å²) < 4.78 is 0. The third-order valence-electron chi connectivity index (χ3n) is 2.34. The van der Waals surface area contributed by atoms with Crippen LogP contribution in [0.25, 0.3) is 0 Å². The summed E-state index contributed by atoms with van der Waals surface area (Å²) in [6, 6.07) is 1.74. The first-order chi connectivity index (χ1) is 7.66. The Kier molecular flexibility index (Phi) is 2.67. The molecule has 1 amide bonds. The molecule has 0 aliphatic carbocycles. The number of nitrogens with zero attached hydrogens (tertiary/aromatic N) is 2. The molecule has 1 unspecified atom stereocenters. The van der Waals surface area contributed by atoms with Gasteiger partial charge in [0.1, 0.15) is 0 Å². The molecule has 7 nitrogen and oxygen atoms in total. The van der Waals surface area contributed by atoms with Gasteiger partial charge in [0.15, 0.2) is 0 Å². The average molecular weight is 222 g/mol. The molecule has 1 aromatic heterocycles. The zero-order valence-electron chi connectivity index (χ0n) is 8.30. The Hall–Kier alpha value is -2.18. The number of aromatic nitrogens is 2. The number of hydrogen-bond acceptors (Lipinski definition) is 4. The fraction of sp³-hybridized carbons (Fsp3) is 0.333. The standard InChI is InChI=1S/C9H10N4O3/c14-8(15)4-7-6(9(16)13-12-7)3-5-1-2-10-11-5/h1-2,6H,3-4H2,(H,10,11)(H,13,16)(H,14,15). The summed E-state index contributed by atoms with van der Waals surface area (Å²) in [6.45, 7) is 0. The van der Waals surface area contributed by atoms with Gasteiger partial charge in [0, 0.05) is 18.3 Å². The first kappa shape index (κ1) is 10.3. The van der Waals surface area contributed by atoms with Crippen LogP contribution < -0.4 is 5.43 Å². The second kappa shape index (κ2) is 4.13. The minimum absolute atomic E-state index is 0.225. The number of nitrogens with one attached hydrogen (secondary N) is 2. The van der Waals surface area contributed by atoms with Crippen molar-refractivity contribution >= 4 is 17.6 Å². The van der Waals surface area contributed by atoms with E-state index in [0.717, 1.165) is 5.69 Å². The number of hydrazone groups is 1. The van der Waals surface area contributed by atoms with Crippen molar-refractivity contribution in [3.63, 3.8) is 0 Å². The highest BCUT2D eigenvalue weighted by Crippen LogP contribution is 2.15. The molecule has 0 radical (unpaired) electrons. The highest BCUT2D eigenvalue weighted by molar-refractivity contribution is 6.13. The zero-order valence-corrected chi connectivity index (χ0v) is 8.30. The largest absolute Gasteiger partial charge is 0.481 e. The highest BCUT2D eigenvalue weighted by Gasteiger charge is 2.31. The van der Waals surface area contributed by atoms with Crippen molar-refractivity contribution in [1.82, 2.24) is 15.6 Å². The van der Waals surface area contributed by atoms with Crippen LogP contribution in [0.2, 0.25) is 0 Å². The van der Waals surface area contributed by atoms with E-state index < -0.39 is 11.9 Å². The molecule has 3 N–H and O–H groups in total. The molecule has 1 atom stereocenters. The average Bonchev–Trinajstić information content (AvgIpc) is 2.82. The lowest BCUT2D eigenvalue weighted by molar-refractivity contribution is -0.135. The number of hydrogen-bond donors (Lipinski definition) is 3. The number of carboxylic acids is 1. The lowest BCUT2D eigenvalue weighted by Crippen LogP contribution is -2.26. The molecule has 2 heterocycles. The summed E-state index contributed by atoms with van der Waals surface area (Å²) >= 11 is 0. The van der Waals surface area contributed by atoms with Crippen molar-refractivity contribution in [3.8, 4) is 0 Å². The van der Waals surface area contributed by atoms with Crippen molar-refractivity contribution in [3.05, 3.63) is 18.0 Å². The van der Waals surface area contributed by atoms with E-state index in [1.165, 1.54) is 0 Å². The van der Waals surface area contributed by atoms with Crippen LogP contribution in [0.3, 0.4) is 0 Å². The number of amides is 1. The van der Waals surface area contributed by atoms with Crippen LogP contribution in [0.4, 0.5) is 0 Å². The topological polar surface area (TPSA) is 107 Å². The van der Waals surface area contributed by atoms with Crippen LogP contribution in [0.15, 0.2) is 17.4 Å². The van der Waals surface area contributed by atoms with Crippen LogP contribution in [0.5, 0.6) is 0 Å². The van der Waals surface area contributed by atoms with E-state index in [0.29, 0.717) is 12.1 Å². The fourth-order valence-electron chi connectivity index (χ4n) is 1.58. The second-order valence-corrected chi connectivity index (χ2v) is 3.49. The molecule has 1 aliphatic rings. The van der Waals surface area contributed by atoms with E-state index in [1.54, 1.807) is 12.3 Å². The molecule has 1 aliphatic heterocycles. The van der Waals surface area contributed by atoms with Gasteiger partial charge in [-0.25, -0.2) is 5.43 Å². The molecule has 1 aromatic rings. The Morgan fingerprint density at radius 3 is 3.00 bits per heavy atom. The third-order valence-corrected chi connectivity index (χ3v) is 2.34. The van der Waals surface area contributed by atoms with Crippen LogP contribution in [0, 0.1) is 5.92 Å². The molecule has 7 heteroatoms. The van der Waals surface area contributed by atoms with Gasteiger partial charge in [-0.2, -0.15) is 10.2 Å². The number of carbonyl (C=O) groups is 2. The third kappa shape index (κ3) is 2.08. The quantitative estimate of drug-likeness (QED) is 0.639. The van der Waals surface area contributed by atoms with Gasteiger partial charge >= 0.3 is 5.97 Å². The summed E-state index contributed by atoms with van der Waals surface area (Å²) in [5, 5.41) is 18.9. The number of aliphatic carboxylic acids is 1. The minimum Gasteiger partial charge on any atom is -0.481 e. The number of carbonyl (C=O) groups excluding carboxylic acids is 1. The van der Waals surface area contributed by atoms with Crippen LogP contribution in [0.1, 0.15) is 12.1 Å². The summed E-state index contributed by atoms with van der Waals surface area (Å²) in [5.74, 6) is -1.78. The number of carboxylic acid groups (broad SMARTS) is 1. The Morgan fingerprint density at radius 2 is 2.38 bits per heavy atom.